The second-order valence-electron chi connectivity index (χ2n) is 4.91. The van der Waals surface area contributed by atoms with Gasteiger partial charge in [0.15, 0.2) is 4.77 Å². The number of aromatic amines is 1. The molecular weight excluding hydrogens is 218 g/mol. The molecule has 4 heteroatoms. The van der Waals surface area contributed by atoms with Gasteiger partial charge < -0.3 is 9.55 Å². The average Bonchev–Trinajstić information content (AvgIpc) is 2.92. The van der Waals surface area contributed by atoms with E-state index in [0.717, 1.165) is 17.2 Å². The molecule has 0 spiro atoms. The topological polar surface area (TPSA) is 24.0 Å². The average molecular weight is 237 g/mol. The van der Waals surface area contributed by atoms with Crippen LogP contribution >= 0.6 is 12.2 Å². The maximum Gasteiger partial charge on any atom is 0.177 e. The summed E-state index contributed by atoms with van der Waals surface area (Å²) in [5.74, 6) is 0. The van der Waals surface area contributed by atoms with Gasteiger partial charge in [-0.2, -0.15) is 0 Å². The summed E-state index contributed by atoms with van der Waals surface area (Å²) in [4.78, 5) is 5.84. The minimum absolute atomic E-state index is 0.621. The summed E-state index contributed by atoms with van der Waals surface area (Å²) in [6.07, 6.45) is 7.13. The maximum atomic E-state index is 5.42. The van der Waals surface area contributed by atoms with Gasteiger partial charge in [-0.25, -0.2) is 0 Å². The molecule has 3 heterocycles. The summed E-state index contributed by atoms with van der Waals surface area (Å²) in [5, 5.41) is 0. The first kappa shape index (κ1) is 10.5. The number of nitrogens with one attached hydrogen (secondary N) is 1. The third-order valence-electron chi connectivity index (χ3n) is 4.15. The maximum absolute atomic E-state index is 5.42. The fraction of sp³-hybridized carbons (Fsp3) is 0.750. The largest absolute Gasteiger partial charge is 0.337 e. The SMILES string of the molecule is CCc1c[nH]c(=S)n1C1CCN2CCCC12. The zero-order chi connectivity index (χ0) is 11.1. The second-order valence-corrected chi connectivity index (χ2v) is 5.30. The van der Waals surface area contributed by atoms with E-state index in [1.807, 2.05) is 0 Å². The third kappa shape index (κ3) is 1.47. The standard InChI is InChI=1S/C12H19N3S/c1-2-9-8-13-12(16)15(9)11-5-7-14-6-3-4-10(11)14/h8,10-11H,2-7H2,1H3,(H,13,16). The summed E-state index contributed by atoms with van der Waals surface area (Å²) < 4.78 is 3.29. The van der Waals surface area contributed by atoms with Crippen LogP contribution in [0, 0.1) is 4.77 Å². The number of aromatic nitrogens is 2. The van der Waals surface area contributed by atoms with Gasteiger partial charge in [-0.15, -0.1) is 0 Å². The lowest BCUT2D eigenvalue weighted by molar-refractivity contribution is 0.287. The molecular formula is C12H19N3S. The molecule has 3 nitrogen and oxygen atoms in total. The lowest BCUT2D eigenvalue weighted by Gasteiger charge is -2.23. The van der Waals surface area contributed by atoms with Crippen molar-refractivity contribution >= 4 is 12.2 Å². The summed E-state index contributed by atoms with van der Waals surface area (Å²) in [6, 6.07) is 1.36. The molecule has 3 rings (SSSR count). The Hall–Kier alpha value is -0.610. The van der Waals surface area contributed by atoms with Crippen molar-refractivity contribution in [1.29, 1.82) is 0 Å². The monoisotopic (exact) mass is 237 g/mol. The molecule has 0 aliphatic carbocycles. The van der Waals surface area contributed by atoms with Gasteiger partial charge in [-0.3, -0.25) is 4.90 Å². The zero-order valence-corrected chi connectivity index (χ0v) is 10.6. The normalized spacial score (nSPS) is 29.8. The molecule has 2 atom stereocenters. The molecule has 2 aliphatic rings. The summed E-state index contributed by atoms with van der Waals surface area (Å²) in [5.41, 5.74) is 1.36. The van der Waals surface area contributed by atoms with E-state index < -0.39 is 0 Å². The smallest absolute Gasteiger partial charge is 0.177 e. The molecule has 0 bridgehead atoms. The number of hydrogen-bond acceptors (Lipinski definition) is 2. The van der Waals surface area contributed by atoms with Crippen molar-refractivity contribution < 1.29 is 0 Å². The highest BCUT2D eigenvalue weighted by molar-refractivity contribution is 7.71. The minimum Gasteiger partial charge on any atom is -0.337 e. The van der Waals surface area contributed by atoms with Gasteiger partial charge >= 0.3 is 0 Å². The predicted octanol–water partition coefficient (Wildman–Crippen LogP) is 2.52. The van der Waals surface area contributed by atoms with Crippen molar-refractivity contribution in [1.82, 2.24) is 14.5 Å². The summed E-state index contributed by atoms with van der Waals surface area (Å²) in [7, 11) is 0. The van der Waals surface area contributed by atoms with Crippen molar-refractivity contribution in [3.8, 4) is 0 Å². The first-order chi connectivity index (χ1) is 7.81. The summed E-state index contributed by atoms with van der Waals surface area (Å²) in [6.45, 7) is 4.75. The third-order valence-corrected chi connectivity index (χ3v) is 4.47. The highest BCUT2D eigenvalue weighted by Crippen LogP contribution is 2.36. The molecule has 0 radical (unpaired) electrons. The van der Waals surface area contributed by atoms with Crippen LogP contribution in [-0.2, 0) is 6.42 Å². The van der Waals surface area contributed by atoms with E-state index >= 15 is 0 Å². The number of H-pyrrole nitrogens is 1. The highest BCUT2D eigenvalue weighted by atomic mass is 32.1. The molecule has 0 amide bonds. The fourth-order valence-electron chi connectivity index (χ4n) is 3.41. The van der Waals surface area contributed by atoms with Crippen molar-refractivity contribution in [2.24, 2.45) is 0 Å². The zero-order valence-electron chi connectivity index (χ0n) is 9.78. The first-order valence-electron chi connectivity index (χ1n) is 6.34. The number of nitrogens with zero attached hydrogens (tertiary/aromatic N) is 2. The molecule has 2 fully saturated rings. The minimum atomic E-state index is 0.621. The van der Waals surface area contributed by atoms with Gasteiger partial charge in [0.2, 0.25) is 0 Å². The molecule has 1 aromatic heterocycles. The lowest BCUT2D eigenvalue weighted by Crippen LogP contribution is -2.28. The Bertz CT molecular complexity index is 434. The van der Waals surface area contributed by atoms with Crippen molar-refractivity contribution in [3.05, 3.63) is 16.7 Å². The van der Waals surface area contributed by atoms with Crippen LogP contribution in [0.4, 0.5) is 0 Å². The number of fused-ring (bicyclic) bond motifs is 1. The molecule has 0 aromatic carbocycles. The quantitative estimate of drug-likeness (QED) is 0.799. The van der Waals surface area contributed by atoms with E-state index in [9.17, 15) is 0 Å². The van der Waals surface area contributed by atoms with Gasteiger partial charge in [0.1, 0.15) is 0 Å². The molecule has 16 heavy (non-hydrogen) atoms. The van der Waals surface area contributed by atoms with Crippen LogP contribution in [-0.4, -0.2) is 33.6 Å². The first-order valence-corrected chi connectivity index (χ1v) is 6.75. The molecule has 0 saturated carbocycles. The molecule has 1 aromatic rings. The Morgan fingerprint density at radius 3 is 3.06 bits per heavy atom. The Kier molecular flexibility index (Phi) is 2.64. The summed E-state index contributed by atoms with van der Waals surface area (Å²) >= 11 is 5.42. The van der Waals surface area contributed by atoms with Crippen molar-refractivity contribution in [2.75, 3.05) is 13.1 Å². The number of hydrogen-bond donors (Lipinski definition) is 1. The van der Waals surface area contributed by atoms with E-state index in [1.165, 1.54) is 38.0 Å². The lowest BCUT2D eigenvalue weighted by atomic mass is 10.1. The van der Waals surface area contributed by atoms with E-state index in [1.54, 1.807) is 0 Å². The van der Waals surface area contributed by atoms with E-state index in [4.69, 9.17) is 12.2 Å². The number of imidazole rings is 1. The van der Waals surface area contributed by atoms with Gasteiger partial charge in [0.05, 0.1) is 6.04 Å². The van der Waals surface area contributed by atoms with Gasteiger partial charge in [0.25, 0.3) is 0 Å². The van der Waals surface area contributed by atoms with Gasteiger partial charge in [-0.05, 0) is 44.4 Å². The van der Waals surface area contributed by atoms with Crippen molar-refractivity contribution in [3.63, 3.8) is 0 Å². The van der Waals surface area contributed by atoms with Crippen LogP contribution in [0.5, 0.6) is 0 Å². The number of rotatable bonds is 2. The van der Waals surface area contributed by atoms with Gasteiger partial charge in [-0.1, -0.05) is 6.92 Å². The Morgan fingerprint density at radius 2 is 2.25 bits per heavy atom. The molecule has 88 valence electrons. The Morgan fingerprint density at radius 1 is 1.38 bits per heavy atom. The van der Waals surface area contributed by atoms with Crippen LogP contribution in [0.25, 0.3) is 0 Å². The second kappa shape index (κ2) is 4.00. The van der Waals surface area contributed by atoms with Gasteiger partial charge in [0, 0.05) is 24.5 Å². The van der Waals surface area contributed by atoms with Crippen LogP contribution in [0.15, 0.2) is 6.20 Å². The highest BCUT2D eigenvalue weighted by Gasteiger charge is 2.38. The fourth-order valence-corrected chi connectivity index (χ4v) is 3.72. The molecule has 2 aliphatic heterocycles. The molecule has 2 saturated heterocycles. The van der Waals surface area contributed by atoms with Crippen molar-refractivity contribution in [2.45, 2.75) is 44.7 Å². The van der Waals surface area contributed by atoms with Crippen LogP contribution in [0.1, 0.15) is 37.9 Å². The Labute approximate surface area is 101 Å². The van der Waals surface area contributed by atoms with E-state index in [-0.39, 0.29) is 0 Å². The molecule has 2 unspecified atom stereocenters. The van der Waals surface area contributed by atoms with Crippen LogP contribution in [0.2, 0.25) is 0 Å². The molecule has 1 N–H and O–H groups in total. The van der Waals surface area contributed by atoms with E-state index in [2.05, 4.69) is 27.6 Å². The number of aryl methyl sites for hydroxylation is 1. The van der Waals surface area contributed by atoms with Crippen LogP contribution in [0.3, 0.4) is 0 Å². The Balaban J connectivity index is 1.97. The predicted molar refractivity (Wildman–Crippen MR) is 67.2 cm³/mol. The van der Waals surface area contributed by atoms with E-state index in [0.29, 0.717) is 6.04 Å². The van der Waals surface area contributed by atoms with Crippen LogP contribution < -0.4 is 0 Å².